The summed E-state index contributed by atoms with van der Waals surface area (Å²) in [5.74, 6) is 1.79. The molecule has 0 fully saturated rings. The molecule has 5 nitrogen and oxygen atoms in total. The Morgan fingerprint density at radius 2 is 0.790 bits per heavy atom. The van der Waals surface area contributed by atoms with E-state index < -0.39 is 0 Å². The van der Waals surface area contributed by atoms with Crippen LogP contribution in [0.3, 0.4) is 0 Å². The molecule has 0 atom stereocenters. The predicted molar refractivity (Wildman–Crippen MR) is 254 cm³/mol. The standard InChI is InChI=1S/C57H36N4O/c1-4-14-37(15-5-1)40-26-28-41(29-27-40)55-58-56(44-22-12-20-42(34-44)38-16-6-2-7-17-38)60-57(59-55)45-30-32-51-49(36-45)53-52(62-51)33-31-48-47-24-10-11-25-50(47)61(54(48)53)46-23-13-21-43(35-46)39-18-8-3-9-19-39/h1-36H. The molecule has 0 bridgehead atoms. The number of nitrogens with zero attached hydrogens (tertiary/aromatic N) is 4. The van der Waals surface area contributed by atoms with Crippen LogP contribution in [0, 0.1) is 0 Å². The fourth-order valence-corrected chi connectivity index (χ4v) is 8.85. The van der Waals surface area contributed by atoms with Gasteiger partial charge in [0.2, 0.25) is 0 Å². The zero-order chi connectivity index (χ0) is 41.0. The van der Waals surface area contributed by atoms with Crippen molar-refractivity contribution in [3.63, 3.8) is 0 Å². The van der Waals surface area contributed by atoms with Gasteiger partial charge in [-0.3, -0.25) is 0 Å². The number of hydrogen-bond acceptors (Lipinski definition) is 4. The highest BCUT2D eigenvalue weighted by Crippen LogP contribution is 2.42. The fourth-order valence-electron chi connectivity index (χ4n) is 8.85. The number of para-hydroxylation sites is 1. The number of hydrogen-bond donors (Lipinski definition) is 0. The Bertz CT molecular complexity index is 3610. The van der Waals surface area contributed by atoms with E-state index in [2.05, 4.69) is 205 Å². The summed E-state index contributed by atoms with van der Waals surface area (Å²) in [6.45, 7) is 0. The zero-order valence-corrected chi connectivity index (χ0v) is 33.5. The molecule has 12 rings (SSSR count). The van der Waals surface area contributed by atoms with Gasteiger partial charge in [-0.05, 0) is 88.0 Å². The summed E-state index contributed by atoms with van der Waals surface area (Å²) in [7, 11) is 0. The van der Waals surface area contributed by atoms with Crippen LogP contribution in [0.5, 0.6) is 0 Å². The molecule has 0 amide bonds. The van der Waals surface area contributed by atoms with E-state index >= 15 is 0 Å². The van der Waals surface area contributed by atoms with Gasteiger partial charge in [0.1, 0.15) is 11.2 Å². The lowest BCUT2D eigenvalue weighted by molar-refractivity contribution is 0.669. The molecule has 0 aliphatic rings. The lowest BCUT2D eigenvalue weighted by Crippen LogP contribution is -2.00. The third-order valence-corrected chi connectivity index (χ3v) is 11.9. The Morgan fingerprint density at radius 1 is 0.306 bits per heavy atom. The van der Waals surface area contributed by atoms with Crippen molar-refractivity contribution in [3.05, 3.63) is 218 Å². The van der Waals surface area contributed by atoms with Crippen LogP contribution in [0.1, 0.15) is 0 Å². The number of rotatable bonds is 7. The van der Waals surface area contributed by atoms with E-state index in [-0.39, 0.29) is 0 Å². The highest BCUT2D eigenvalue weighted by molar-refractivity contribution is 6.24. The highest BCUT2D eigenvalue weighted by Gasteiger charge is 2.21. The van der Waals surface area contributed by atoms with Gasteiger partial charge in [-0.25, -0.2) is 15.0 Å². The quantitative estimate of drug-likeness (QED) is 0.161. The molecule has 0 spiro atoms. The van der Waals surface area contributed by atoms with Crippen LogP contribution >= 0.6 is 0 Å². The molecule has 62 heavy (non-hydrogen) atoms. The summed E-state index contributed by atoms with van der Waals surface area (Å²) in [5, 5.41) is 4.38. The second kappa shape index (κ2) is 14.7. The van der Waals surface area contributed by atoms with Crippen molar-refractivity contribution in [2.75, 3.05) is 0 Å². The largest absolute Gasteiger partial charge is 0.456 e. The minimum absolute atomic E-state index is 0.585. The molecular formula is C57H36N4O. The van der Waals surface area contributed by atoms with Crippen molar-refractivity contribution in [1.82, 2.24) is 19.5 Å². The predicted octanol–water partition coefficient (Wildman–Crippen LogP) is 14.9. The topological polar surface area (TPSA) is 56.7 Å². The maximum Gasteiger partial charge on any atom is 0.164 e. The maximum absolute atomic E-state index is 6.65. The molecule has 0 N–H and O–H groups in total. The number of furan rings is 1. The van der Waals surface area contributed by atoms with Crippen LogP contribution in [0.4, 0.5) is 0 Å². The Kier molecular flexibility index (Phi) is 8.42. The second-order valence-electron chi connectivity index (χ2n) is 15.6. The smallest absolute Gasteiger partial charge is 0.164 e. The average molecular weight is 793 g/mol. The van der Waals surface area contributed by atoms with Crippen molar-refractivity contribution in [2.45, 2.75) is 0 Å². The van der Waals surface area contributed by atoms with E-state index in [1.165, 1.54) is 10.9 Å². The SMILES string of the molecule is c1ccc(-c2ccc(-c3nc(-c4cccc(-c5ccccc5)c4)nc(-c4ccc5oc6ccc7c8ccccc8n(-c8cccc(-c9ccccc9)c8)c7c6c5c4)n3)cc2)cc1. The Morgan fingerprint density at radius 3 is 1.48 bits per heavy atom. The molecule has 3 aromatic heterocycles. The van der Waals surface area contributed by atoms with E-state index in [4.69, 9.17) is 19.4 Å². The van der Waals surface area contributed by atoms with Crippen LogP contribution in [0.25, 0.3) is 117 Å². The first-order valence-electron chi connectivity index (χ1n) is 20.8. The first kappa shape index (κ1) is 35.5. The van der Waals surface area contributed by atoms with Crippen molar-refractivity contribution >= 4 is 43.7 Å². The van der Waals surface area contributed by atoms with E-state index in [9.17, 15) is 0 Å². The minimum atomic E-state index is 0.585. The molecule has 0 aliphatic carbocycles. The Balaban J connectivity index is 1.06. The molecule has 0 saturated carbocycles. The number of benzene rings is 9. The molecule has 0 aliphatic heterocycles. The lowest BCUT2D eigenvalue weighted by atomic mass is 10.0. The lowest BCUT2D eigenvalue weighted by Gasteiger charge is -2.11. The Labute approximate surface area is 357 Å². The van der Waals surface area contributed by atoms with Crippen molar-refractivity contribution in [2.24, 2.45) is 0 Å². The average Bonchev–Trinajstić information content (AvgIpc) is 3.90. The van der Waals surface area contributed by atoms with Crippen LogP contribution in [0.15, 0.2) is 223 Å². The van der Waals surface area contributed by atoms with Crippen molar-refractivity contribution < 1.29 is 4.42 Å². The van der Waals surface area contributed by atoms with Gasteiger partial charge in [0.25, 0.3) is 0 Å². The normalized spacial score (nSPS) is 11.5. The summed E-state index contributed by atoms with van der Waals surface area (Å²) in [6, 6.07) is 76.3. The van der Waals surface area contributed by atoms with Gasteiger partial charge in [0.15, 0.2) is 17.5 Å². The number of aromatic nitrogens is 4. The summed E-state index contributed by atoms with van der Waals surface area (Å²) in [6.07, 6.45) is 0. The third kappa shape index (κ3) is 6.14. The van der Waals surface area contributed by atoms with Crippen LogP contribution < -0.4 is 0 Å². The highest BCUT2D eigenvalue weighted by atomic mass is 16.3. The van der Waals surface area contributed by atoms with E-state index in [0.29, 0.717) is 17.5 Å². The van der Waals surface area contributed by atoms with Gasteiger partial charge in [-0.1, -0.05) is 164 Å². The van der Waals surface area contributed by atoms with E-state index in [0.717, 1.165) is 88.6 Å². The third-order valence-electron chi connectivity index (χ3n) is 11.9. The molecule has 0 radical (unpaired) electrons. The molecule has 12 aromatic rings. The van der Waals surface area contributed by atoms with Gasteiger partial charge in [0.05, 0.1) is 16.4 Å². The summed E-state index contributed by atoms with van der Waals surface area (Å²) >= 11 is 0. The minimum Gasteiger partial charge on any atom is -0.456 e. The molecule has 9 aromatic carbocycles. The van der Waals surface area contributed by atoms with Crippen LogP contribution in [0.2, 0.25) is 0 Å². The zero-order valence-electron chi connectivity index (χ0n) is 33.5. The molecule has 290 valence electrons. The van der Waals surface area contributed by atoms with Crippen LogP contribution in [-0.4, -0.2) is 19.5 Å². The first-order valence-corrected chi connectivity index (χ1v) is 20.8. The second-order valence-corrected chi connectivity index (χ2v) is 15.6. The molecule has 3 heterocycles. The first-order chi connectivity index (χ1) is 30.7. The van der Waals surface area contributed by atoms with Crippen molar-refractivity contribution in [1.29, 1.82) is 0 Å². The molecular weight excluding hydrogens is 757 g/mol. The van der Waals surface area contributed by atoms with Gasteiger partial charge in [0, 0.05) is 38.5 Å². The monoisotopic (exact) mass is 792 g/mol. The molecule has 0 unspecified atom stereocenters. The maximum atomic E-state index is 6.65. The Hall–Kier alpha value is -8.41. The van der Waals surface area contributed by atoms with Gasteiger partial charge >= 0.3 is 0 Å². The summed E-state index contributed by atoms with van der Waals surface area (Å²) in [4.78, 5) is 15.5. The van der Waals surface area contributed by atoms with Gasteiger partial charge in [-0.2, -0.15) is 0 Å². The van der Waals surface area contributed by atoms with Gasteiger partial charge < -0.3 is 8.98 Å². The summed E-state index contributed by atoms with van der Waals surface area (Å²) in [5.41, 5.74) is 14.5. The summed E-state index contributed by atoms with van der Waals surface area (Å²) < 4.78 is 9.04. The van der Waals surface area contributed by atoms with Gasteiger partial charge in [-0.15, -0.1) is 0 Å². The van der Waals surface area contributed by atoms with Crippen molar-refractivity contribution in [3.8, 4) is 73.2 Å². The molecule has 0 saturated heterocycles. The van der Waals surface area contributed by atoms with E-state index in [1.54, 1.807) is 0 Å². The molecule has 5 heteroatoms. The number of fused-ring (bicyclic) bond motifs is 7. The van der Waals surface area contributed by atoms with Crippen LogP contribution in [-0.2, 0) is 0 Å². The fraction of sp³-hybridized carbons (Fsp3) is 0. The van der Waals surface area contributed by atoms with E-state index in [1.807, 2.05) is 18.2 Å².